The highest BCUT2D eigenvalue weighted by Crippen LogP contribution is 2.49. The molecule has 0 aromatic carbocycles. The molecule has 3 atom stereocenters. The van der Waals surface area contributed by atoms with E-state index in [4.69, 9.17) is 0 Å². The minimum atomic E-state index is 0.962. The van der Waals surface area contributed by atoms with Crippen LogP contribution in [0.1, 0.15) is 38.5 Å². The minimum absolute atomic E-state index is 0.962. The first-order valence-electron chi connectivity index (χ1n) is 6.32. The summed E-state index contributed by atoms with van der Waals surface area (Å²) in [5.74, 6) is 3.12. The molecule has 1 saturated heterocycles. The van der Waals surface area contributed by atoms with Crippen LogP contribution >= 0.6 is 0 Å². The molecule has 1 aliphatic heterocycles. The first-order valence-corrected chi connectivity index (χ1v) is 6.32. The lowest BCUT2D eigenvalue weighted by Crippen LogP contribution is -2.24. The normalized spacial score (nSPS) is 44.9. The van der Waals surface area contributed by atoms with E-state index in [0.29, 0.717) is 0 Å². The SMILES string of the molecule is C(=C1CCCNC1)C1CC2CCC1C2. The molecular formula is C13H21N. The smallest absolute Gasteiger partial charge is 0.0164 e. The van der Waals surface area contributed by atoms with Gasteiger partial charge in [0.25, 0.3) is 0 Å². The van der Waals surface area contributed by atoms with Gasteiger partial charge in [-0.15, -0.1) is 0 Å². The maximum absolute atomic E-state index is 3.48. The van der Waals surface area contributed by atoms with E-state index in [1.54, 1.807) is 12.0 Å². The van der Waals surface area contributed by atoms with E-state index in [9.17, 15) is 0 Å². The van der Waals surface area contributed by atoms with Crippen molar-refractivity contribution in [3.63, 3.8) is 0 Å². The molecule has 1 heteroatoms. The molecule has 2 aliphatic carbocycles. The fourth-order valence-electron chi connectivity index (χ4n) is 3.72. The van der Waals surface area contributed by atoms with Crippen LogP contribution in [0, 0.1) is 17.8 Å². The Labute approximate surface area is 87.0 Å². The number of piperidine rings is 1. The van der Waals surface area contributed by atoms with Crippen molar-refractivity contribution in [3.05, 3.63) is 11.6 Å². The molecule has 0 radical (unpaired) electrons. The van der Waals surface area contributed by atoms with E-state index in [-0.39, 0.29) is 0 Å². The van der Waals surface area contributed by atoms with Gasteiger partial charge >= 0.3 is 0 Å². The summed E-state index contributed by atoms with van der Waals surface area (Å²) in [5.41, 5.74) is 1.70. The zero-order valence-corrected chi connectivity index (χ0v) is 8.97. The lowest BCUT2D eigenvalue weighted by Gasteiger charge is -2.22. The van der Waals surface area contributed by atoms with Gasteiger partial charge in [0.15, 0.2) is 0 Å². The molecule has 2 saturated carbocycles. The third-order valence-corrected chi connectivity index (χ3v) is 4.45. The first-order chi connectivity index (χ1) is 6.92. The zero-order chi connectivity index (χ0) is 9.38. The molecule has 0 aromatic rings. The summed E-state index contributed by atoms with van der Waals surface area (Å²) in [5, 5.41) is 3.48. The number of fused-ring (bicyclic) bond motifs is 2. The number of hydrogen-bond donors (Lipinski definition) is 1. The molecule has 78 valence electrons. The predicted octanol–water partition coefficient (Wildman–Crippen LogP) is 2.73. The Balaban J connectivity index is 1.65. The van der Waals surface area contributed by atoms with Crippen LogP contribution < -0.4 is 5.32 Å². The quantitative estimate of drug-likeness (QED) is 0.628. The standard InChI is InChI=1S/C13H21N/c1-2-11(9-14-5-1)8-13-7-10-3-4-12(13)6-10/h8,10,12-14H,1-7,9H2. The summed E-state index contributed by atoms with van der Waals surface area (Å²) in [6.07, 6.45) is 11.5. The minimum Gasteiger partial charge on any atom is -0.313 e. The highest BCUT2D eigenvalue weighted by atomic mass is 14.9. The van der Waals surface area contributed by atoms with Gasteiger partial charge in [0.1, 0.15) is 0 Å². The van der Waals surface area contributed by atoms with Gasteiger partial charge in [-0.05, 0) is 56.4 Å². The largest absolute Gasteiger partial charge is 0.313 e. The van der Waals surface area contributed by atoms with Gasteiger partial charge in [0.05, 0.1) is 0 Å². The van der Waals surface area contributed by atoms with Crippen molar-refractivity contribution >= 4 is 0 Å². The number of nitrogens with one attached hydrogen (secondary N) is 1. The van der Waals surface area contributed by atoms with Crippen LogP contribution in [-0.2, 0) is 0 Å². The molecule has 3 rings (SSSR count). The maximum Gasteiger partial charge on any atom is 0.0164 e. The van der Waals surface area contributed by atoms with E-state index >= 15 is 0 Å². The number of allylic oxidation sites excluding steroid dienone is 1. The second-order valence-corrected chi connectivity index (χ2v) is 5.44. The number of rotatable bonds is 1. The Kier molecular flexibility index (Phi) is 2.36. The summed E-state index contributed by atoms with van der Waals surface area (Å²) in [4.78, 5) is 0. The predicted molar refractivity (Wildman–Crippen MR) is 59.1 cm³/mol. The van der Waals surface area contributed by atoms with Crippen LogP contribution in [0.3, 0.4) is 0 Å². The second kappa shape index (κ2) is 3.69. The Bertz CT molecular complexity index is 236. The first kappa shape index (κ1) is 8.96. The molecule has 1 N–H and O–H groups in total. The van der Waals surface area contributed by atoms with Gasteiger partial charge in [-0.2, -0.15) is 0 Å². The van der Waals surface area contributed by atoms with E-state index in [2.05, 4.69) is 11.4 Å². The molecule has 3 aliphatic rings. The average molecular weight is 191 g/mol. The molecular weight excluding hydrogens is 170 g/mol. The average Bonchev–Trinajstić information content (AvgIpc) is 2.81. The summed E-state index contributed by atoms with van der Waals surface area (Å²) in [6, 6.07) is 0. The monoisotopic (exact) mass is 191 g/mol. The van der Waals surface area contributed by atoms with Crippen LogP contribution in [0.5, 0.6) is 0 Å². The van der Waals surface area contributed by atoms with E-state index < -0.39 is 0 Å². The molecule has 1 heterocycles. The van der Waals surface area contributed by atoms with Crippen molar-refractivity contribution in [1.29, 1.82) is 0 Å². The van der Waals surface area contributed by atoms with Gasteiger partial charge < -0.3 is 5.32 Å². The van der Waals surface area contributed by atoms with Crippen molar-refractivity contribution < 1.29 is 0 Å². The Morgan fingerprint density at radius 2 is 2.21 bits per heavy atom. The van der Waals surface area contributed by atoms with E-state index in [1.807, 2.05) is 0 Å². The molecule has 0 amide bonds. The Morgan fingerprint density at radius 1 is 1.21 bits per heavy atom. The van der Waals surface area contributed by atoms with Crippen LogP contribution in [0.2, 0.25) is 0 Å². The lowest BCUT2D eigenvalue weighted by atomic mass is 9.86. The summed E-state index contributed by atoms with van der Waals surface area (Å²) >= 11 is 0. The molecule has 3 fully saturated rings. The summed E-state index contributed by atoms with van der Waals surface area (Å²) < 4.78 is 0. The molecule has 2 bridgehead atoms. The van der Waals surface area contributed by atoms with Crippen molar-refractivity contribution in [2.24, 2.45) is 17.8 Å². The topological polar surface area (TPSA) is 12.0 Å². The molecule has 0 aromatic heterocycles. The second-order valence-electron chi connectivity index (χ2n) is 5.44. The van der Waals surface area contributed by atoms with Gasteiger partial charge in [-0.25, -0.2) is 0 Å². The van der Waals surface area contributed by atoms with Gasteiger partial charge in [-0.3, -0.25) is 0 Å². The fraction of sp³-hybridized carbons (Fsp3) is 0.846. The highest BCUT2D eigenvalue weighted by Gasteiger charge is 2.38. The van der Waals surface area contributed by atoms with Gasteiger partial charge in [0, 0.05) is 6.54 Å². The van der Waals surface area contributed by atoms with E-state index in [1.165, 1.54) is 45.2 Å². The van der Waals surface area contributed by atoms with Crippen LogP contribution in [0.15, 0.2) is 11.6 Å². The van der Waals surface area contributed by atoms with Gasteiger partial charge in [-0.1, -0.05) is 18.1 Å². The number of hydrogen-bond acceptors (Lipinski definition) is 1. The molecule has 0 spiro atoms. The van der Waals surface area contributed by atoms with Crippen LogP contribution in [0.25, 0.3) is 0 Å². The zero-order valence-electron chi connectivity index (χ0n) is 8.97. The molecule has 3 unspecified atom stereocenters. The third kappa shape index (κ3) is 1.63. The Morgan fingerprint density at radius 3 is 2.86 bits per heavy atom. The van der Waals surface area contributed by atoms with Gasteiger partial charge in [0.2, 0.25) is 0 Å². The third-order valence-electron chi connectivity index (χ3n) is 4.45. The summed E-state index contributed by atoms with van der Waals surface area (Å²) in [7, 11) is 0. The highest BCUT2D eigenvalue weighted by molar-refractivity contribution is 5.12. The van der Waals surface area contributed by atoms with Crippen molar-refractivity contribution in [2.45, 2.75) is 38.5 Å². The van der Waals surface area contributed by atoms with E-state index in [0.717, 1.165) is 17.8 Å². The fourth-order valence-corrected chi connectivity index (χ4v) is 3.72. The van der Waals surface area contributed by atoms with Crippen LogP contribution in [0.4, 0.5) is 0 Å². The Hall–Kier alpha value is -0.300. The summed E-state index contributed by atoms with van der Waals surface area (Å²) in [6.45, 7) is 2.40. The maximum atomic E-state index is 3.48. The van der Waals surface area contributed by atoms with Crippen molar-refractivity contribution in [1.82, 2.24) is 5.32 Å². The lowest BCUT2D eigenvalue weighted by molar-refractivity contribution is 0.390. The molecule has 14 heavy (non-hydrogen) atoms. The van der Waals surface area contributed by atoms with Crippen LogP contribution in [-0.4, -0.2) is 13.1 Å². The van der Waals surface area contributed by atoms with Crippen molar-refractivity contribution in [3.8, 4) is 0 Å². The molecule has 1 nitrogen and oxygen atoms in total. The van der Waals surface area contributed by atoms with Crippen molar-refractivity contribution in [2.75, 3.05) is 13.1 Å².